The quantitative estimate of drug-likeness (QED) is 0.511. The fourth-order valence-electron chi connectivity index (χ4n) is 3.09. The molecule has 0 radical (unpaired) electrons. The second-order valence-corrected chi connectivity index (χ2v) is 7.35. The number of carbonyl (C=O) groups excluding carboxylic acids is 1. The fraction of sp³-hybridized carbons (Fsp3) is 0.182. The Morgan fingerprint density at radius 1 is 1.17 bits per heavy atom. The van der Waals surface area contributed by atoms with E-state index < -0.39 is 0 Å². The molecular weight excluding hydrogens is 404 g/mol. The fourth-order valence-corrected chi connectivity index (χ4v) is 3.30. The molecule has 0 aliphatic heterocycles. The van der Waals surface area contributed by atoms with Gasteiger partial charge >= 0.3 is 0 Å². The highest BCUT2D eigenvalue weighted by Crippen LogP contribution is 2.24. The first-order valence-corrected chi connectivity index (χ1v) is 9.82. The minimum absolute atomic E-state index is 0.128. The highest BCUT2D eigenvalue weighted by molar-refractivity contribution is 6.31. The molecule has 1 N–H and O–H groups in total. The number of nitrogens with zero attached hydrogens (tertiary/aromatic N) is 3. The van der Waals surface area contributed by atoms with Crippen LogP contribution < -0.4 is 10.9 Å². The molecule has 4 aromatic rings. The van der Waals surface area contributed by atoms with Gasteiger partial charge in [-0.1, -0.05) is 64.8 Å². The summed E-state index contributed by atoms with van der Waals surface area (Å²) >= 11 is 6.10. The molecule has 30 heavy (non-hydrogen) atoms. The maximum absolute atomic E-state index is 13.0. The minimum Gasteiger partial charge on any atom is -0.352 e. The van der Waals surface area contributed by atoms with E-state index in [1.54, 1.807) is 6.07 Å². The van der Waals surface area contributed by atoms with E-state index in [2.05, 4.69) is 15.5 Å². The van der Waals surface area contributed by atoms with Crippen LogP contribution in [0.4, 0.5) is 0 Å². The Bertz CT molecular complexity index is 1260. The van der Waals surface area contributed by atoms with Crippen molar-refractivity contribution in [3.63, 3.8) is 0 Å². The van der Waals surface area contributed by atoms with E-state index in [0.717, 1.165) is 16.7 Å². The Hall–Kier alpha value is -3.45. The Morgan fingerprint density at radius 2 is 1.93 bits per heavy atom. The summed E-state index contributed by atoms with van der Waals surface area (Å²) in [6.45, 7) is 2.50. The molecule has 0 aliphatic rings. The lowest BCUT2D eigenvalue weighted by Crippen LogP contribution is -2.27. The van der Waals surface area contributed by atoms with Crippen LogP contribution in [0.1, 0.15) is 17.5 Å². The number of aryl methyl sites for hydroxylation is 2. The molecule has 0 saturated heterocycles. The molecule has 0 aliphatic carbocycles. The van der Waals surface area contributed by atoms with Gasteiger partial charge in [-0.05, 0) is 18.6 Å². The molecule has 8 heteroatoms. The number of carbonyl (C=O) groups is 1. The summed E-state index contributed by atoms with van der Waals surface area (Å²) in [5, 5.41) is 7.74. The second kappa shape index (κ2) is 8.51. The van der Waals surface area contributed by atoms with Crippen molar-refractivity contribution < 1.29 is 9.32 Å². The van der Waals surface area contributed by atoms with E-state index in [-0.39, 0.29) is 30.1 Å². The first kappa shape index (κ1) is 19.8. The van der Waals surface area contributed by atoms with Gasteiger partial charge in [-0.15, -0.1) is 0 Å². The van der Waals surface area contributed by atoms with Crippen molar-refractivity contribution in [3.8, 4) is 11.3 Å². The van der Waals surface area contributed by atoms with Crippen molar-refractivity contribution in [1.82, 2.24) is 20.0 Å². The molecule has 1 amide bonds. The normalized spacial score (nSPS) is 11.0. The monoisotopic (exact) mass is 422 g/mol. The van der Waals surface area contributed by atoms with E-state index in [9.17, 15) is 9.59 Å². The standard InChI is InChI=1S/C22H19ClN4O3/c1-14-6-8-15(9-7-14)20-19-21(30-26-20)25-13-27(22(19)29)11-10-18(28)24-12-16-4-2-3-5-17(16)23/h2-9,13H,10-12H2,1H3,(H,24,28). The lowest BCUT2D eigenvalue weighted by Gasteiger charge is -2.08. The molecule has 0 fully saturated rings. The topological polar surface area (TPSA) is 90.0 Å². The molecule has 0 bridgehead atoms. The number of halogens is 1. The zero-order valence-electron chi connectivity index (χ0n) is 16.3. The summed E-state index contributed by atoms with van der Waals surface area (Å²) in [6.07, 6.45) is 1.50. The minimum atomic E-state index is -0.296. The molecule has 4 rings (SSSR count). The molecular formula is C22H19ClN4O3. The maximum Gasteiger partial charge on any atom is 0.266 e. The Kier molecular flexibility index (Phi) is 5.63. The number of hydrogen-bond acceptors (Lipinski definition) is 5. The van der Waals surface area contributed by atoms with E-state index in [1.807, 2.05) is 49.4 Å². The Morgan fingerprint density at radius 3 is 2.70 bits per heavy atom. The average Bonchev–Trinajstić information content (AvgIpc) is 3.18. The van der Waals surface area contributed by atoms with Gasteiger partial charge in [0.1, 0.15) is 17.4 Å². The number of nitrogens with one attached hydrogen (secondary N) is 1. The SMILES string of the molecule is Cc1ccc(-c2noc3ncn(CCC(=O)NCc4ccccc4Cl)c(=O)c23)cc1. The molecule has 0 spiro atoms. The molecule has 152 valence electrons. The number of rotatable bonds is 6. The number of amides is 1. The Balaban J connectivity index is 1.49. The molecule has 2 aromatic carbocycles. The van der Waals surface area contributed by atoms with Crippen molar-refractivity contribution in [3.05, 3.63) is 81.4 Å². The second-order valence-electron chi connectivity index (χ2n) is 6.94. The van der Waals surface area contributed by atoms with Gasteiger partial charge in [0.25, 0.3) is 11.3 Å². The third-order valence-corrected chi connectivity index (χ3v) is 5.17. The predicted molar refractivity (Wildman–Crippen MR) is 114 cm³/mol. The highest BCUT2D eigenvalue weighted by Gasteiger charge is 2.17. The number of fused-ring (bicyclic) bond motifs is 1. The van der Waals surface area contributed by atoms with E-state index >= 15 is 0 Å². The third kappa shape index (κ3) is 4.11. The van der Waals surface area contributed by atoms with Gasteiger partial charge < -0.3 is 9.84 Å². The van der Waals surface area contributed by atoms with Gasteiger partial charge in [0.2, 0.25) is 5.91 Å². The van der Waals surface area contributed by atoms with Crippen LogP contribution in [0.25, 0.3) is 22.4 Å². The van der Waals surface area contributed by atoms with Crippen LogP contribution in [0.2, 0.25) is 5.02 Å². The average molecular weight is 423 g/mol. The van der Waals surface area contributed by atoms with Crippen LogP contribution in [0, 0.1) is 6.92 Å². The van der Waals surface area contributed by atoms with Gasteiger partial charge in [-0.2, -0.15) is 0 Å². The molecule has 0 atom stereocenters. The summed E-state index contributed by atoms with van der Waals surface area (Å²) in [6, 6.07) is 15.0. The summed E-state index contributed by atoms with van der Waals surface area (Å²) in [5.41, 5.74) is 3.03. The van der Waals surface area contributed by atoms with Gasteiger partial charge in [0, 0.05) is 30.1 Å². The van der Waals surface area contributed by atoms with Crippen LogP contribution in [0.5, 0.6) is 0 Å². The summed E-state index contributed by atoms with van der Waals surface area (Å²) < 4.78 is 6.62. The zero-order chi connectivity index (χ0) is 21.1. The molecule has 2 aromatic heterocycles. The predicted octanol–water partition coefficient (Wildman–Crippen LogP) is 3.72. The van der Waals surface area contributed by atoms with Gasteiger partial charge in [-0.3, -0.25) is 14.2 Å². The maximum atomic E-state index is 13.0. The van der Waals surface area contributed by atoms with Crippen LogP contribution in [-0.2, 0) is 17.9 Å². The van der Waals surface area contributed by atoms with Gasteiger partial charge in [-0.25, -0.2) is 4.98 Å². The smallest absolute Gasteiger partial charge is 0.266 e. The lowest BCUT2D eigenvalue weighted by atomic mass is 10.1. The van der Waals surface area contributed by atoms with Gasteiger partial charge in [0.15, 0.2) is 0 Å². The first-order chi connectivity index (χ1) is 14.5. The summed E-state index contributed by atoms with van der Waals surface area (Å²) in [4.78, 5) is 29.4. The number of hydrogen-bond donors (Lipinski definition) is 1. The molecule has 7 nitrogen and oxygen atoms in total. The van der Waals surface area contributed by atoms with Crippen molar-refractivity contribution >= 4 is 28.6 Å². The summed E-state index contributed by atoms with van der Waals surface area (Å²) in [5.74, 6) is -0.189. The van der Waals surface area contributed by atoms with Crippen molar-refractivity contribution in [2.24, 2.45) is 0 Å². The van der Waals surface area contributed by atoms with E-state index in [0.29, 0.717) is 22.6 Å². The molecule has 0 saturated carbocycles. The number of benzene rings is 2. The van der Waals surface area contributed by atoms with E-state index in [1.165, 1.54) is 10.9 Å². The van der Waals surface area contributed by atoms with Crippen molar-refractivity contribution in [1.29, 1.82) is 0 Å². The van der Waals surface area contributed by atoms with Crippen molar-refractivity contribution in [2.45, 2.75) is 26.4 Å². The van der Waals surface area contributed by atoms with Crippen molar-refractivity contribution in [2.75, 3.05) is 0 Å². The molecule has 0 unspecified atom stereocenters. The Labute approximate surface area is 177 Å². The van der Waals surface area contributed by atoms with Crippen LogP contribution in [0.3, 0.4) is 0 Å². The molecule has 2 heterocycles. The van der Waals surface area contributed by atoms with Crippen LogP contribution in [-0.4, -0.2) is 20.6 Å². The lowest BCUT2D eigenvalue weighted by molar-refractivity contribution is -0.121. The van der Waals surface area contributed by atoms with Crippen LogP contribution in [0.15, 0.2) is 64.2 Å². The van der Waals surface area contributed by atoms with Crippen LogP contribution >= 0.6 is 11.6 Å². The third-order valence-electron chi connectivity index (χ3n) is 4.80. The summed E-state index contributed by atoms with van der Waals surface area (Å²) in [7, 11) is 0. The zero-order valence-corrected chi connectivity index (χ0v) is 17.0. The van der Waals surface area contributed by atoms with E-state index in [4.69, 9.17) is 16.1 Å². The number of aromatic nitrogens is 3. The first-order valence-electron chi connectivity index (χ1n) is 9.45. The van der Waals surface area contributed by atoms with Gasteiger partial charge in [0.05, 0.1) is 0 Å². The highest BCUT2D eigenvalue weighted by atomic mass is 35.5. The largest absolute Gasteiger partial charge is 0.352 e.